The maximum atomic E-state index is 5.30. The first-order chi connectivity index (χ1) is 7.28. The lowest BCUT2D eigenvalue weighted by Gasteiger charge is -2.18. The maximum Gasteiger partial charge on any atom is 0.127 e. The van der Waals surface area contributed by atoms with E-state index < -0.39 is 0 Å². The van der Waals surface area contributed by atoms with Crippen LogP contribution >= 0.6 is 0 Å². The Morgan fingerprint density at radius 2 is 1.80 bits per heavy atom. The summed E-state index contributed by atoms with van der Waals surface area (Å²) in [6, 6.07) is 5.74. The van der Waals surface area contributed by atoms with Gasteiger partial charge in [0.05, 0.1) is 25.8 Å². The molecule has 1 rings (SSSR count). The average molecular weight is 207 g/mol. The second kappa shape index (κ2) is 5.41. The van der Waals surface area contributed by atoms with E-state index in [1.165, 1.54) is 0 Å². The van der Waals surface area contributed by atoms with Gasteiger partial charge in [0.25, 0.3) is 0 Å². The van der Waals surface area contributed by atoms with Crippen molar-refractivity contribution in [3.63, 3.8) is 0 Å². The van der Waals surface area contributed by atoms with Gasteiger partial charge < -0.3 is 14.8 Å². The second-order valence-electron chi connectivity index (χ2n) is 3.08. The molecule has 1 unspecified atom stereocenters. The van der Waals surface area contributed by atoms with Crippen molar-refractivity contribution in [1.82, 2.24) is 5.32 Å². The van der Waals surface area contributed by atoms with E-state index in [0.29, 0.717) is 0 Å². The van der Waals surface area contributed by atoms with E-state index in [1.807, 2.05) is 31.3 Å². The number of hydrogen-bond acceptors (Lipinski definition) is 3. The van der Waals surface area contributed by atoms with Crippen LogP contribution in [0.2, 0.25) is 0 Å². The fraction of sp³-hybridized carbons (Fsp3) is 0.333. The summed E-state index contributed by atoms with van der Waals surface area (Å²) in [6.45, 7) is 3.79. The van der Waals surface area contributed by atoms with Crippen LogP contribution in [0.4, 0.5) is 0 Å². The molecular formula is C12H17NO2. The summed E-state index contributed by atoms with van der Waals surface area (Å²) in [7, 11) is 5.17. The number of nitrogens with one attached hydrogen (secondary N) is 1. The van der Waals surface area contributed by atoms with E-state index in [1.54, 1.807) is 14.2 Å². The van der Waals surface area contributed by atoms with E-state index in [0.717, 1.165) is 17.1 Å². The molecule has 0 aromatic heterocycles. The summed E-state index contributed by atoms with van der Waals surface area (Å²) in [6.07, 6.45) is 1.82. The van der Waals surface area contributed by atoms with Crippen LogP contribution in [0.5, 0.6) is 11.5 Å². The molecule has 0 bridgehead atoms. The third-order valence-corrected chi connectivity index (χ3v) is 2.32. The highest BCUT2D eigenvalue weighted by Gasteiger charge is 2.16. The third-order valence-electron chi connectivity index (χ3n) is 2.32. The Kier molecular flexibility index (Phi) is 4.18. The molecule has 0 saturated carbocycles. The van der Waals surface area contributed by atoms with Gasteiger partial charge in [-0.05, 0) is 19.2 Å². The van der Waals surface area contributed by atoms with Crippen molar-refractivity contribution < 1.29 is 9.47 Å². The molecule has 3 nitrogen and oxygen atoms in total. The van der Waals surface area contributed by atoms with Crippen molar-refractivity contribution in [2.45, 2.75) is 6.04 Å². The second-order valence-corrected chi connectivity index (χ2v) is 3.08. The highest BCUT2D eigenvalue weighted by atomic mass is 16.5. The van der Waals surface area contributed by atoms with Crippen LogP contribution in [0.25, 0.3) is 0 Å². The molecule has 0 heterocycles. The van der Waals surface area contributed by atoms with Gasteiger partial charge in [0.15, 0.2) is 0 Å². The zero-order chi connectivity index (χ0) is 11.3. The predicted octanol–water partition coefficient (Wildman–Crippen LogP) is 2.15. The van der Waals surface area contributed by atoms with E-state index in [4.69, 9.17) is 9.47 Å². The Morgan fingerprint density at radius 1 is 1.27 bits per heavy atom. The van der Waals surface area contributed by atoms with Crippen LogP contribution in [-0.4, -0.2) is 21.3 Å². The summed E-state index contributed by atoms with van der Waals surface area (Å²) in [5, 5.41) is 3.14. The van der Waals surface area contributed by atoms with Gasteiger partial charge >= 0.3 is 0 Å². The Balaban J connectivity index is 3.26. The standard InChI is InChI=1S/C12H17NO2/c1-5-9(13-2)12-10(14-3)7-6-8-11(12)15-4/h5-9,13H,1H2,2-4H3. The zero-order valence-corrected chi connectivity index (χ0v) is 9.41. The quantitative estimate of drug-likeness (QED) is 0.750. The molecule has 82 valence electrons. The van der Waals surface area contributed by atoms with Crippen molar-refractivity contribution in [3.05, 3.63) is 36.4 Å². The SMILES string of the molecule is C=CC(NC)c1c(OC)cccc1OC. The summed E-state index contributed by atoms with van der Waals surface area (Å²) >= 11 is 0. The smallest absolute Gasteiger partial charge is 0.127 e. The minimum atomic E-state index is 0.0242. The summed E-state index contributed by atoms with van der Waals surface area (Å²) < 4.78 is 10.6. The number of methoxy groups -OCH3 is 2. The lowest BCUT2D eigenvalue weighted by Crippen LogP contribution is -2.15. The van der Waals surface area contributed by atoms with E-state index in [-0.39, 0.29) is 6.04 Å². The summed E-state index contributed by atoms with van der Waals surface area (Å²) in [5.41, 5.74) is 0.972. The molecule has 0 saturated heterocycles. The van der Waals surface area contributed by atoms with E-state index in [9.17, 15) is 0 Å². The Morgan fingerprint density at radius 3 is 2.13 bits per heavy atom. The molecule has 3 heteroatoms. The van der Waals surface area contributed by atoms with Crippen LogP contribution in [0.3, 0.4) is 0 Å². The van der Waals surface area contributed by atoms with Crippen molar-refractivity contribution in [1.29, 1.82) is 0 Å². The molecule has 0 fully saturated rings. The van der Waals surface area contributed by atoms with Crippen LogP contribution in [-0.2, 0) is 0 Å². The van der Waals surface area contributed by atoms with Crippen LogP contribution < -0.4 is 14.8 Å². The number of hydrogen-bond donors (Lipinski definition) is 1. The average Bonchev–Trinajstić information content (AvgIpc) is 2.30. The predicted molar refractivity (Wildman–Crippen MR) is 61.5 cm³/mol. The Labute approximate surface area is 90.7 Å². The van der Waals surface area contributed by atoms with Crippen molar-refractivity contribution in [2.24, 2.45) is 0 Å². The topological polar surface area (TPSA) is 30.5 Å². The maximum absolute atomic E-state index is 5.30. The van der Waals surface area contributed by atoms with Crippen molar-refractivity contribution >= 4 is 0 Å². The molecule has 15 heavy (non-hydrogen) atoms. The Bertz CT molecular complexity index is 314. The molecule has 0 aliphatic rings. The fourth-order valence-corrected chi connectivity index (χ4v) is 1.57. The largest absolute Gasteiger partial charge is 0.496 e. The molecule has 1 aromatic rings. The van der Waals surface area contributed by atoms with Gasteiger partial charge in [-0.1, -0.05) is 12.1 Å². The van der Waals surface area contributed by atoms with Crippen LogP contribution in [0.1, 0.15) is 11.6 Å². The number of likely N-dealkylation sites (N-methyl/N-ethyl adjacent to an activating group) is 1. The lowest BCUT2D eigenvalue weighted by atomic mass is 10.0. The van der Waals surface area contributed by atoms with Crippen LogP contribution in [0.15, 0.2) is 30.9 Å². The van der Waals surface area contributed by atoms with Gasteiger partial charge in [0, 0.05) is 0 Å². The molecular weight excluding hydrogens is 190 g/mol. The van der Waals surface area contributed by atoms with Gasteiger partial charge in [0.1, 0.15) is 11.5 Å². The molecule has 0 aliphatic carbocycles. The minimum Gasteiger partial charge on any atom is -0.496 e. The zero-order valence-electron chi connectivity index (χ0n) is 9.41. The third kappa shape index (κ3) is 2.30. The fourth-order valence-electron chi connectivity index (χ4n) is 1.57. The van der Waals surface area contributed by atoms with Gasteiger partial charge in [-0.25, -0.2) is 0 Å². The first kappa shape index (κ1) is 11.6. The monoisotopic (exact) mass is 207 g/mol. The van der Waals surface area contributed by atoms with Gasteiger partial charge in [-0.2, -0.15) is 0 Å². The summed E-state index contributed by atoms with van der Waals surface area (Å²) in [4.78, 5) is 0. The lowest BCUT2D eigenvalue weighted by molar-refractivity contribution is 0.379. The Hall–Kier alpha value is -1.48. The molecule has 1 atom stereocenters. The molecule has 1 aromatic carbocycles. The summed E-state index contributed by atoms with van der Waals surface area (Å²) in [5.74, 6) is 1.60. The van der Waals surface area contributed by atoms with Crippen LogP contribution in [0, 0.1) is 0 Å². The molecule has 0 amide bonds. The minimum absolute atomic E-state index is 0.0242. The first-order valence-corrected chi connectivity index (χ1v) is 4.79. The van der Waals surface area contributed by atoms with Gasteiger partial charge in [-0.3, -0.25) is 0 Å². The number of rotatable bonds is 5. The normalized spacial score (nSPS) is 11.9. The molecule has 1 N–H and O–H groups in total. The number of benzene rings is 1. The highest BCUT2D eigenvalue weighted by molar-refractivity contribution is 5.48. The van der Waals surface area contributed by atoms with Gasteiger partial charge in [0.2, 0.25) is 0 Å². The molecule has 0 spiro atoms. The van der Waals surface area contributed by atoms with Crippen molar-refractivity contribution in [2.75, 3.05) is 21.3 Å². The highest BCUT2D eigenvalue weighted by Crippen LogP contribution is 2.34. The molecule has 0 radical (unpaired) electrons. The van der Waals surface area contributed by atoms with Crippen molar-refractivity contribution in [3.8, 4) is 11.5 Å². The van der Waals surface area contributed by atoms with E-state index >= 15 is 0 Å². The first-order valence-electron chi connectivity index (χ1n) is 4.79. The molecule has 0 aliphatic heterocycles. The van der Waals surface area contributed by atoms with E-state index in [2.05, 4.69) is 11.9 Å². The number of ether oxygens (including phenoxy) is 2. The van der Waals surface area contributed by atoms with Gasteiger partial charge in [-0.15, -0.1) is 6.58 Å².